The van der Waals surface area contributed by atoms with E-state index in [2.05, 4.69) is 38.1 Å². The van der Waals surface area contributed by atoms with Gasteiger partial charge in [-0.05, 0) is 48.6 Å². The Balaban J connectivity index is 2.12. The highest BCUT2D eigenvalue weighted by Crippen LogP contribution is 2.36. The molecular weight excluding hydrogens is 206 g/mol. The maximum atomic E-state index is 6.30. The van der Waals surface area contributed by atoms with Crippen LogP contribution in [-0.4, -0.2) is 6.04 Å². The van der Waals surface area contributed by atoms with E-state index < -0.39 is 0 Å². The normalized spacial score (nSPS) is 29.2. The molecule has 0 bridgehead atoms. The second-order valence-electron chi connectivity index (χ2n) is 5.45. The molecule has 2 rings (SSSR count). The first-order valence-corrected chi connectivity index (χ1v) is 7.09. The Bertz CT molecular complexity index is 341. The smallest absolute Gasteiger partial charge is 0.0108 e. The van der Waals surface area contributed by atoms with Crippen molar-refractivity contribution in [2.75, 3.05) is 0 Å². The first-order chi connectivity index (χ1) is 8.24. The largest absolute Gasteiger partial charge is 0.327 e. The van der Waals surface area contributed by atoms with Crippen molar-refractivity contribution >= 4 is 0 Å². The molecule has 0 amide bonds. The molecule has 1 heteroatoms. The summed E-state index contributed by atoms with van der Waals surface area (Å²) < 4.78 is 0. The van der Waals surface area contributed by atoms with Gasteiger partial charge < -0.3 is 5.73 Å². The van der Waals surface area contributed by atoms with Crippen LogP contribution in [0.25, 0.3) is 0 Å². The molecule has 1 aliphatic rings. The molecule has 94 valence electrons. The minimum absolute atomic E-state index is 0.366. The third kappa shape index (κ3) is 2.90. The highest BCUT2D eigenvalue weighted by atomic mass is 14.7. The molecule has 1 aromatic carbocycles. The SMILES string of the molecule is CCc1ccc(C2CC(CC)CCC2N)cc1. The predicted octanol–water partition coefficient (Wildman–Crippen LogP) is 3.87. The zero-order chi connectivity index (χ0) is 12.3. The lowest BCUT2D eigenvalue weighted by atomic mass is 9.74. The van der Waals surface area contributed by atoms with Gasteiger partial charge in [0.15, 0.2) is 0 Å². The molecule has 0 aliphatic heterocycles. The number of aryl methyl sites for hydroxylation is 1. The van der Waals surface area contributed by atoms with Crippen molar-refractivity contribution in [3.8, 4) is 0 Å². The van der Waals surface area contributed by atoms with Gasteiger partial charge in [0, 0.05) is 6.04 Å². The van der Waals surface area contributed by atoms with Crippen molar-refractivity contribution < 1.29 is 0 Å². The highest BCUT2D eigenvalue weighted by Gasteiger charge is 2.28. The number of rotatable bonds is 3. The van der Waals surface area contributed by atoms with Crippen molar-refractivity contribution in [3.63, 3.8) is 0 Å². The Morgan fingerprint density at radius 2 is 1.82 bits per heavy atom. The fraction of sp³-hybridized carbons (Fsp3) is 0.625. The Morgan fingerprint density at radius 3 is 2.41 bits per heavy atom. The Morgan fingerprint density at radius 1 is 1.12 bits per heavy atom. The van der Waals surface area contributed by atoms with Crippen LogP contribution in [0, 0.1) is 5.92 Å². The summed E-state index contributed by atoms with van der Waals surface area (Å²) in [6, 6.07) is 9.48. The van der Waals surface area contributed by atoms with Crippen molar-refractivity contribution in [3.05, 3.63) is 35.4 Å². The number of hydrogen-bond acceptors (Lipinski definition) is 1. The number of hydrogen-bond donors (Lipinski definition) is 1. The number of nitrogens with two attached hydrogens (primary N) is 1. The highest BCUT2D eigenvalue weighted by molar-refractivity contribution is 5.27. The van der Waals surface area contributed by atoms with E-state index in [1.54, 1.807) is 0 Å². The van der Waals surface area contributed by atoms with Crippen LogP contribution in [0.4, 0.5) is 0 Å². The lowest BCUT2D eigenvalue weighted by Crippen LogP contribution is -2.34. The van der Waals surface area contributed by atoms with Crippen LogP contribution >= 0.6 is 0 Å². The summed E-state index contributed by atoms with van der Waals surface area (Å²) in [5.74, 6) is 1.46. The molecule has 1 nitrogen and oxygen atoms in total. The van der Waals surface area contributed by atoms with Crippen molar-refractivity contribution in [2.24, 2.45) is 11.7 Å². The predicted molar refractivity (Wildman–Crippen MR) is 74.2 cm³/mol. The quantitative estimate of drug-likeness (QED) is 0.839. The summed E-state index contributed by atoms with van der Waals surface area (Å²) in [5.41, 5.74) is 9.17. The second kappa shape index (κ2) is 5.68. The van der Waals surface area contributed by atoms with Gasteiger partial charge in [0.05, 0.1) is 0 Å². The Kier molecular flexibility index (Phi) is 4.22. The van der Waals surface area contributed by atoms with Crippen molar-refractivity contribution in [1.82, 2.24) is 0 Å². The average Bonchev–Trinajstić information content (AvgIpc) is 2.39. The van der Waals surface area contributed by atoms with E-state index in [1.165, 1.54) is 36.8 Å². The van der Waals surface area contributed by atoms with Crippen LogP contribution < -0.4 is 5.73 Å². The van der Waals surface area contributed by atoms with Crippen molar-refractivity contribution in [2.45, 2.75) is 57.9 Å². The van der Waals surface area contributed by atoms with Gasteiger partial charge in [0.2, 0.25) is 0 Å². The minimum Gasteiger partial charge on any atom is -0.327 e. The molecule has 1 aromatic rings. The summed E-state index contributed by atoms with van der Waals surface area (Å²) in [5, 5.41) is 0. The first-order valence-electron chi connectivity index (χ1n) is 7.09. The molecular formula is C16H25N. The van der Waals surface area contributed by atoms with E-state index in [1.807, 2.05) is 0 Å². The zero-order valence-corrected chi connectivity index (χ0v) is 11.2. The van der Waals surface area contributed by atoms with Gasteiger partial charge in [-0.3, -0.25) is 0 Å². The average molecular weight is 231 g/mol. The third-order valence-corrected chi connectivity index (χ3v) is 4.41. The Hall–Kier alpha value is -0.820. The molecule has 1 fully saturated rings. The van der Waals surface area contributed by atoms with Gasteiger partial charge in [-0.2, -0.15) is 0 Å². The van der Waals surface area contributed by atoms with Gasteiger partial charge >= 0.3 is 0 Å². The fourth-order valence-electron chi connectivity index (χ4n) is 3.04. The maximum absolute atomic E-state index is 6.30. The second-order valence-corrected chi connectivity index (χ2v) is 5.45. The third-order valence-electron chi connectivity index (χ3n) is 4.41. The van der Waals surface area contributed by atoms with Gasteiger partial charge in [-0.25, -0.2) is 0 Å². The van der Waals surface area contributed by atoms with E-state index in [-0.39, 0.29) is 0 Å². The van der Waals surface area contributed by atoms with Crippen LogP contribution in [0.15, 0.2) is 24.3 Å². The van der Waals surface area contributed by atoms with E-state index in [4.69, 9.17) is 5.73 Å². The van der Waals surface area contributed by atoms with Gasteiger partial charge in [-0.15, -0.1) is 0 Å². The summed E-state index contributed by atoms with van der Waals surface area (Å²) in [4.78, 5) is 0. The summed E-state index contributed by atoms with van der Waals surface area (Å²) in [7, 11) is 0. The fourth-order valence-corrected chi connectivity index (χ4v) is 3.04. The molecule has 1 saturated carbocycles. The molecule has 0 saturated heterocycles. The van der Waals surface area contributed by atoms with Crippen molar-refractivity contribution in [1.29, 1.82) is 0 Å². The first kappa shape index (κ1) is 12.6. The molecule has 0 heterocycles. The topological polar surface area (TPSA) is 26.0 Å². The van der Waals surface area contributed by atoms with Crippen LogP contribution in [-0.2, 0) is 6.42 Å². The standard InChI is InChI=1S/C16H25N/c1-3-12-5-8-14(9-6-12)15-11-13(4-2)7-10-16(15)17/h5-6,8-9,13,15-16H,3-4,7,10-11,17H2,1-2H3. The zero-order valence-electron chi connectivity index (χ0n) is 11.2. The molecule has 0 radical (unpaired) electrons. The summed E-state index contributed by atoms with van der Waals surface area (Å²) >= 11 is 0. The lowest BCUT2D eigenvalue weighted by molar-refractivity contribution is 0.282. The molecule has 0 spiro atoms. The molecule has 2 N–H and O–H groups in total. The maximum Gasteiger partial charge on any atom is 0.0108 e. The van der Waals surface area contributed by atoms with Crippen LogP contribution in [0.5, 0.6) is 0 Å². The molecule has 3 atom stereocenters. The monoisotopic (exact) mass is 231 g/mol. The minimum atomic E-state index is 0.366. The molecule has 17 heavy (non-hydrogen) atoms. The molecule has 0 aromatic heterocycles. The number of benzene rings is 1. The molecule has 3 unspecified atom stereocenters. The van der Waals surface area contributed by atoms with E-state index in [9.17, 15) is 0 Å². The van der Waals surface area contributed by atoms with Gasteiger partial charge in [-0.1, -0.05) is 44.5 Å². The van der Waals surface area contributed by atoms with Crippen LogP contribution in [0.1, 0.15) is 56.6 Å². The lowest BCUT2D eigenvalue weighted by Gasteiger charge is -2.34. The van der Waals surface area contributed by atoms with Crippen LogP contribution in [0.3, 0.4) is 0 Å². The Labute approximate surface area is 105 Å². The molecule has 1 aliphatic carbocycles. The van der Waals surface area contributed by atoms with Gasteiger partial charge in [0.1, 0.15) is 0 Å². The van der Waals surface area contributed by atoms with E-state index >= 15 is 0 Å². The van der Waals surface area contributed by atoms with E-state index in [0.29, 0.717) is 12.0 Å². The summed E-state index contributed by atoms with van der Waals surface area (Å²) in [6.07, 6.45) is 6.22. The van der Waals surface area contributed by atoms with Crippen LogP contribution in [0.2, 0.25) is 0 Å². The van der Waals surface area contributed by atoms with E-state index in [0.717, 1.165) is 12.3 Å². The summed E-state index contributed by atoms with van der Waals surface area (Å²) in [6.45, 7) is 4.51. The van der Waals surface area contributed by atoms with Gasteiger partial charge in [0.25, 0.3) is 0 Å².